The van der Waals surface area contributed by atoms with Gasteiger partial charge < -0.3 is 5.32 Å². The highest BCUT2D eigenvalue weighted by atomic mass is 32.2. The van der Waals surface area contributed by atoms with Crippen LogP contribution in [0.2, 0.25) is 0 Å². The highest BCUT2D eigenvalue weighted by Crippen LogP contribution is 2.25. The zero-order chi connectivity index (χ0) is 17.1. The van der Waals surface area contributed by atoms with Crippen molar-refractivity contribution in [3.05, 3.63) is 35.9 Å². The molecule has 0 bridgehead atoms. The van der Waals surface area contributed by atoms with Gasteiger partial charge in [0.25, 0.3) is 0 Å². The van der Waals surface area contributed by atoms with Crippen LogP contribution in [0, 0.1) is 6.92 Å². The number of imide groups is 1. The van der Waals surface area contributed by atoms with Gasteiger partial charge in [0.05, 0.1) is 11.3 Å². The number of para-hydroxylation sites is 1. The van der Waals surface area contributed by atoms with Crippen LogP contribution in [0.15, 0.2) is 35.5 Å². The highest BCUT2D eigenvalue weighted by molar-refractivity contribution is 7.99. The Hall–Kier alpha value is -2.61. The van der Waals surface area contributed by atoms with Crippen LogP contribution in [-0.4, -0.2) is 38.8 Å². The molecule has 0 saturated carbocycles. The largest absolute Gasteiger partial charge is 0.338 e. The lowest BCUT2D eigenvalue weighted by atomic mass is 10.1. The number of nitrogens with zero attached hydrogens (tertiary/aromatic N) is 3. The van der Waals surface area contributed by atoms with Gasteiger partial charge in [-0.25, -0.2) is 4.79 Å². The first-order chi connectivity index (χ1) is 11.6. The van der Waals surface area contributed by atoms with Gasteiger partial charge in [0.15, 0.2) is 10.8 Å². The average Bonchev–Trinajstić information content (AvgIpc) is 2.96. The molecule has 124 valence electrons. The number of benzene rings is 1. The molecule has 0 aliphatic heterocycles. The summed E-state index contributed by atoms with van der Waals surface area (Å²) in [6.45, 7) is 4.28. The van der Waals surface area contributed by atoms with Gasteiger partial charge in [0.2, 0.25) is 5.91 Å². The van der Waals surface area contributed by atoms with Crippen molar-refractivity contribution in [1.29, 1.82) is 0 Å². The number of thioether (sulfide) groups is 1. The molecule has 0 fully saturated rings. The third kappa shape index (κ3) is 3.18. The first kappa shape index (κ1) is 16.3. The van der Waals surface area contributed by atoms with Crippen molar-refractivity contribution in [2.24, 2.45) is 0 Å². The Morgan fingerprint density at radius 1 is 1.25 bits per heavy atom. The van der Waals surface area contributed by atoms with Crippen molar-refractivity contribution >= 4 is 40.3 Å². The second-order valence-corrected chi connectivity index (χ2v) is 6.16. The van der Waals surface area contributed by atoms with E-state index in [1.807, 2.05) is 41.7 Å². The standard InChI is InChI=1S/C16H17N5O2S/c1-3-17-15(23)18-14(22)9-24-16-20-19-13-8-10(2)11-6-4-5-7-12(11)21(13)16/h4-8H,3,9H2,1-2H3,(H2,17,18,22,23). The zero-order valence-electron chi connectivity index (χ0n) is 13.4. The van der Waals surface area contributed by atoms with E-state index in [1.54, 1.807) is 6.92 Å². The number of fused-ring (bicyclic) bond motifs is 3. The molecule has 0 spiro atoms. The summed E-state index contributed by atoms with van der Waals surface area (Å²) in [4.78, 5) is 23.2. The Morgan fingerprint density at radius 3 is 2.83 bits per heavy atom. The van der Waals surface area contributed by atoms with E-state index in [0.717, 1.165) is 22.1 Å². The second kappa shape index (κ2) is 6.88. The Bertz CT molecular complexity index is 921. The number of carbonyl (C=O) groups excluding carboxylic acids is 2. The summed E-state index contributed by atoms with van der Waals surface area (Å²) in [5.41, 5.74) is 2.85. The van der Waals surface area contributed by atoms with Crippen LogP contribution in [0.5, 0.6) is 0 Å². The molecule has 2 heterocycles. The number of aromatic nitrogens is 3. The third-order valence-corrected chi connectivity index (χ3v) is 4.43. The number of rotatable bonds is 4. The van der Waals surface area contributed by atoms with Crippen molar-refractivity contribution in [3.8, 4) is 0 Å². The maximum atomic E-state index is 11.8. The van der Waals surface area contributed by atoms with Crippen LogP contribution in [0.3, 0.4) is 0 Å². The van der Waals surface area contributed by atoms with E-state index in [4.69, 9.17) is 0 Å². The van der Waals surface area contributed by atoms with Crippen LogP contribution >= 0.6 is 11.8 Å². The fourth-order valence-corrected chi connectivity index (χ4v) is 3.22. The van der Waals surface area contributed by atoms with Gasteiger partial charge in [-0.15, -0.1) is 10.2 Å². The quantitative estimate of drug-likeness (QED) is 0.709. The molecule has 7 nitrogen and oxygen atoms in total. The highest BCUT2D eigenvalue weighted by Gasteiger charge is 2.14. The lowest BCUT2D eigenvalue weighted by molar-refractivity contribution is -0.117. The van der Waals surface area contributed by atoms with E-state index in [-0.39, 0.29) is 11.7 Å². The van der Waals surface area contributed by atoms with Gasteiger partial charge >= 0.3 is 6.03 Å². The van der Waals surface area contributed by atoms with Crippen molar-refractivity contribution < 1.29 is 9.59 Å². The number of nitrogens with one attached hydrogen (secondary N) is 2. The molecule has 2 aromatic heterocycles. The molecule has 3 aromatic rings. The molecule has 3 amide bonds. The minimum atomic E-state index is -0.490. The lowest BCUT2D eigenvalue weighted by Crippen LogP contribution is -2.40. The van der Waals surface area contributed by atoms with Crippen molar-refractivity contribution in [2.45, 2.75) is 19.0 Å². The Morgan fingerprint density at radius 2 is 2.04 bits per heavy atom. The topological polar surface area (TPSA) is 88.4 Å². The van der Waals surface area contributed by atoms with Crippen molar-refractivity contribution in [2.75, 3.05) is 12.3 Å². The maximum absolute atomic E-state index is 11.8. The molecule has 0 unspecified atom stereocenters. The van der Waals surface area contributed by atoms with Crippen LogP contribution in [0.25, 0.3) is 16.6 Å². The molecule has 8 heteroatoms. The summed E-state index contributed by atoms with van der Waals surface area (Å²) in [6.07, 6.45) is 0. The number of urea groups is 1. The normalized spacial score (nSPS) is 10.9. The number of aryl methyl sites for hydroxylation is 1. The average molecular weight is 343 g/mol. The molecule has 0 aliphatic carbocycles. The minimum Gasteiger partial charge on any atom is -0.338 e. The fraction of sp³-hybridized carbons (Fsp3) is 0.250. The van der Waals surface area contributed by atoms with Crippen LogP contribution < -0.4 is 10.6 Å². The predicted molar refractivity (Wildman–Crippen MR) is 93.2 cm³/mol. The molecule has 0 aliphatic rings. The summed E-state index contributed by atoms with van der Waals surface area (Å²) in [5.74, 6) is -0.292. The molecule has 3 rings (SSSR count). The molecule has 1 aromatic carbocycles. The number of hydrogen-bond donors (Lipinski definition) is 2. The van der Waals surface area contributed by atoms with Gasteiger partial charge in [-0.2, -0.15) is 0 Å². The Labute approximate surface area is 142 Å². The van der Waals surface area contributed by atoms with E-state index in [1.165, 1.54) is 11.8 Å². The van der Waals surface area contributed by atoms with Crippen LogP contribution in [0.1, 0.15) is 12.5 Å². The minimum absolute atomic E-state index is 0.0835. The molecular formula is C16H17N5O2S. The molecule has 0 atom stereocenters. The monoisotopic (exact) mass is 343 g/mol. The first-order valence-electron chi connectivity index (χ1n) is 7.54. The second-order valence-electron chi connectivity index (χ2n) is 5.22. The zero-order valence-corrected chi connectivity index (χ0v) is 14.2. The van der Waals surface area contributed by atoms with E-state index in [9.17, 15) is 9.59 Å². The molecule has 24 heavy (non-hydrogen) atoms. The smallest absolute Gasteiger partial charge is 0.321 e. The summed E-state index contributed by atoms with van der Waals surface area (Å²) in [7, 11) is 0. The number of hydrogen-bond acceptors (Lipinski definition) is 5. The van der Waals surface area contributed by atoms with Gasteiger partial charge in [-0.1, -0.05) is 30.0 Å². The van der Waals surface area contributed by atoms with E-state index < -0.39 is 6.03 Å². The van der Waals surface area contributed by atoms with E-state index >= 15 is 0 Å². The lowest BCUT2D eigenvalue weighted by Gasteiger charge is -2.07. The van der Waals surface area contributed by atoms with E-state index in [0.29, 0.717) is 11.7 Å². The fourth-order valence-electron chi connectivity index (χ4n) is 2.47. The van der Waals surface area contributed by atoms with Crippen molar-refractivity contribution in [3.63, 3.8) is 0 Å². The van der Waals surface area contributed by atoms with Crippen molar-refractivity contribution in [1.82, 2.24) is 25.2 Å². The van der Waals surface area contributed by atoms with Gasteiger partial charge in [0, 0.05) is 11.9 Å². The van der Waals surface area contributed by atoms with Gasteiger partial charge in [0.1, 0.15) is 0 Å². The van der Waals surface area contributed by atoms with Gasteiger partial charge in [-0.05, 0) is 31.5 Å². The SMILES string of the molecule is CCNC(=O)NC(=O)CSc1nnc2cc(C)c3ccccc3n12. The first-order valence-corrected chi connectivity index (χ1v) is 8.52. The summed E-state index contributed by atoms with van der Waals surface area (Å²) < 4.78 is 1.92. The summed E-state index contributed by atoms with van der Waals surface area (Å²) >= 11 is 1.24. The summed E-state index contributed by atoms with van der Waals surface area (Å²) in [6, 6.07) is 9.46. The molecule has 0 radical (unpaired) electrons. The predicted octanol–water partition coefficient (Wildman–Crippen LogP) is 2.13. The maximum Gasteiger partial charge on any atom is 0.321 e. The van der Waals surface area contributed by atoms with Crippen LogP contribution in [-0.2, 0) is 4.79 Å². The van der Waals surface area contributed by atoms with E-state index in [2.05, 4.69) is 20.8 Å². The Kier molecular flexibility index (Phi) is 4.66. The third-order valence-electron chi connectivity index (χ3n) is 3.50. The summed E-state index contributed by atoms with van der Waals surface area (Å²) in [5, 5.41) is 14.9. The number of amides is 3. The molecule has 2 N–H and O–H groups in total. The molecular weight excluding hydrogens is 326 g/mol. The van der Waals surface area contributed by atoms with Gasteiger partial charge in [-0.3, -0.25) is 14.5 Å². The molecule has 0 saturated heterocycles. The van der Waals surface area contributed by atoms with Crippen LogP contribution in [0.4, 0.5) is 4.79 Å². The number of carbonyl (C=O) groups is 2. The number of pyridine rings is 1. The Balaban J connectivity index is 1.84.